The first-order valence-electron chi connectivity index (χ1n) is 8.02. The Labute approximate surface area is 149 Å². The Morgan fingerprint density at radius 2 is 2.04 bits per heavy atom. The van der Waals surface area contributed by atoms with Crippen molar-refractivity contribution in [2.24, 2.45) is 0 Å². The SMILES string of the molecule is CC(C)c1nc(Cn2ccnc2-c2cnc(-c3ccco3)nc2)cs1. The Bertz CT molecular complexity index is 954. The molecule has 126 valence electrons. The molecule has 0 aliphatic carbocycles. The average molecular weight is 351 g/mol. The summed E-state index contributed by atoms with van der Waals surface area (Å²) < 4.78 is 7.38. The van der Waals surface area contributed by atoms with Gasteiger partial charge >= 0.3 is 0 Å². The van der Waals surface area contributed by atoms with Gasteiger partial charge in [-0.2, -0.15) is 0 Å². The molecule has 0 aliphatic heterocycles. The van der Waals surface area contributed by atoms with E-state index < -0.39 is 0 Å². The van der Waals surface area contributed by atoms with Gasteiger partial charge in [-0.25, -0.2) is 19.9 Å². The molecular weight excluding hydrogens is 334 g/mol. The van der Waals surface area contributed by atoms with Crippen LogP contribution < -0.4 is 0 Å². The van der Waals surface area contributed by atoms with Crippen molar-refractivity contribution >= 4 is 11.3 Å². The van der Waals surface area contributed by atoms with Crippen molar-refractivity contribution in [3.05, 3.63) is 59.3 Å². The molecule has 4 heterocycles. The van der Waals surface area contributed by atoms with E-state index >= 15 is 0 Å². The summed E-state index contributed by atoms with van der Waals surface area (Å²) in [5, 5.41) is 3.26. The predicted octanol–water partition coefficient (Wildman–Crippen LogP) is 4.23. The monoisotopic (exact) mass is 351 g/mol. The number of hydrogen-bond donors (Lipinski definition) is 0. The van der Waals surface area contributed by atoms with Gasteiger partial charge in [0.05, 0.1) is 29.1 Å². The van der Waals surface area contributed by atoms with Gasteiger partial charge in [0.15, 0.2) is 11.6 Å². The van der Waals surface area contributed by atoms with Crippen LogP contribution in [-0.2, 0) is 6.54 Å². The Hall–Kier alpha value is -2.80. The molecule has 7 heteroatoms. The molecule has 0 radical (unpaired) electrons. The van der Waals surface area contributed by atoms with E-state index in [9.17, 15) is 0 Å². The van der Waals surface area contributed by atoms with Gasteiger partial charge in [0.1, 0.15) is 5.82 Å². The minimum absolute atomic E-state index is 0.448. The fraction of sp³-hybridized carbons (Fsp3) is 0.222. The highest BCUT2D eigenvalue weighted by molar-refractivity contribution is 7.09. The molecule has 0 aliphatic rings. The van der Waals surface area contributed by atoms with Crippen molar-refractivity contribution < 1.29 is 4.42 Å². The van der Waals surface area contributed by atoms with Crippen molar-refractivity contribution in [2.45, 2.75) is 26.3 Å². The molecule has 0 spiro atoms. The lowest BCUT2D eigenvalue weighted by atomic mass is 10.2. The summed E-state index contributed by atoms with van der Waals surface area (Å²) in [6.07, 6.45) is 8.88. The summed E-state index contributed by atoms with van der Waals surface area (Å²) in [4.78, 5) is 17.9. The van der Waals surface area contributed by atoms with Gasteiger partial charge in [0.25, 0.3) is 0 Å². The third kappa shape index (κ3) is 3.23. The fourth-order valence-corrected chi connectivity index (χ4v) is 3.33. The van der Waals surface area contributed by atoms with E-state index in [0.29, 0.717) is 24.0 Å². The second kappa shape index (κ2) is 6.60. The van der Waals surface area contributed by atoms with Crippen molar-refractivity contribution in [3.8, 4) is 23.0 Å². The van der Waals surface area contributed by atoms with Gasteiger partial charge in [0, 0.05) is 36.1 Å². The lowest BCUT2D eigenvalue weighted by Gasteiger charge is -2.06. The van der Waals surface area contributed by atoms with Crippen LogP contribution in [0.3, 0.4) is 0 Å². The quantitative estimate of drug-likeness (QED) is 0.538. The number of nitrogens with zero attached hydrogens (tertiary/aromatic N) is 5. The molecular formula is C18H17N5OS. The smallest absolute Gasteiger partial charge is 0.195 e. The van der Waals surface area contributed by atoms with Crippen molar-refractivity contribution in [1.82, 2.24) is 24.5 Å². The minimum Gasteiger partial charge on any atom is -0.461 e. The zero-order chi connectivity index (χ0) is 17.2. The Kier molecular flexibility index (Phi) is 4.15. The fourth-order valence-electron chi connectivity index (χ4n) is 2.51. The van der Waals surface area contributed by atoms with Crippen LogP contribution >= 0.6 is 11.3 Å². The molecule has 4 rings (SSSR count). The molecule has 6 nitrogen and oxygen atoms in total. The van der Waals surface area contributed by atoms with Crippen LogP contribution in [0.25, 0.3) is 23.0 Å². The van der Waals surface area contributed by atoms with E-state index in [2.05, 4.69) is 38.7 Å². The van der Waals surface area contributed by atoms with Crippen LogP contribution in [0.2, 0.25) is 0 Å². The molecule has 0 N–H and O–H groups in total. The Morgan fingerprint density at radius 3 is 2.72 bits per heavy atom. The Morgan fingerprint density at radius 1 is 1.20 bits per heavy atom. The summed E-state index contributed by atoms with van der Waals surface area (Å²) in [6.45, 7) is 4.99. The zero-order valence-corrected chi connectivity index (χ0v) is 14.8. The van der Waals surface area contributed by atoms with E-state index in [0.717, 1.165) is 22.1 Å². The highest BCUT2D eigenvalue weighted by Gasteiger charge is 2.12. The molecule has 0 saturated carbocycles. The molecule has 0 saturated heterocycles. The summed E-state index contributed by atoms with van der Waals surface area (Å²) in [6, 6.07) is 3.66. The van der Waals surface area contributed by atoms with Crippen molar-refractivity contribution in [3.63, 3.8) is 0 Å². The first kappa shape index (κ1) is 15.7. The average Bonchev–Trinajstić information content (AvgIpc) is 3.37. The van der Waals surface area contributed by atoms with E-state index in [1.807, 2.05) is 18.3 Å². The highest BCUT2D eigenvalue weighted by Crippen LogP contribution is 2.23. The molecule has 0 bridgehead atoms. The van der Waals surface area contributed by atoms with Crippen LogP contribution in [0, 0.1) is 0 Å². The minimum atomic E-state index is 0.448. The van der Waals surface area contributed by atoms with E-state index in [1.165, 1.54) is 0 Å². The lowest BCUT2D eigenvalue weighted by Crippen LogP contribution is -2.02. The van der Waals surface area contributed by atoms with Crippen molar-refractivity contribution in [2.75, 3.05) is 0 Å². The molecule has 0 amide bonds. The van der Waals surface area contributed by atoms with E-state index in [4.69, 9.17) is 9.40 Å². The molecule has 0 unspecified atom stereocenters. The van der Waals surface area contributed by atoms with Crippen LogP contribution in [0.5, 0.6) is 0 Å². The van der Waals surface area contributed by atoms with Gasteiger partial charge in [-0.15, -0.1) is 11.3 Å². The van der Waals surface area contributed by atoms with Gasteiger partial charge in [-0.3, -0.25) is 0 Å². The van der Waals surface area contributed by atoms with Gasteiger partial charge in [0.2, 0.25) is 0 Å². The maximum Gasteiger partial charge on any atom is 0.195 e. The molecule has 25 heavy (non-hydrogen) atoms. The number of aromatic nitrogens is 5. The third-order valence-electron chi connectivity index (χ3n) is 3.76. The highest BCUT2D eigenvalue weighted by atomic mass is 32.1. The van der Waals surface area contributed by atoms with E-state index in [1.54, 1.807) is 36.2 Å². The maximum atomic E-state index is 5.32. The number of furan rings is 1. The lowest BCUT2D eigenvalue weighted by molar-refractivity contribution is 0.577. The summed E-state index contributed by atoms with van der Waals surface area (Å²) in [5.74, 6) is 2.49. The Balaban J connectivity index is 1.58. The number of rotatable bonds is 5. The van der Waals surface area contributed by atoms with Gasteiger partial charge in [-0.1, -0.05) is 13.8 Å². The normalized spacial score (nSPS) is 11.3. The molecule has 4 aromatic heterocycles. The predicted molar refractivity (Wildman–Crippen MR) is 96.3 cm³/mol. The van der Waals surface area contributed by atoms with Gasteiger partial charge in [-0.05, 0) is 12.1 Å². The first-order chi connectivity index (χ1) is 12.2. The van der Waals surface area contributed by atoms with Crippen LogP contribution in [0.15, 0.2) is 53.0 Å². The number of imidazole rings is 1. The van der Waals surface area contributed by atoms with E-state index in [-0.39, 0.29) is 0 Å². The summed E-state index contributed by atoms with van der Waals surface area (Å²) >= 11 is 1.70. The molecule has 0 fully saturated rings. The largest absolute Gasteiger partial charge is 0.461 e. The first-order valence-corrected chi connectivity index (χ1v) is 8.90. The second-order valence-electron chi connectivity index (χ2n) is 5.98. The summed E-state index contributed by atoms with van der Waals surface area (Å²) in [5.41, 5.74) is 1.90. The molecule has 4 aromatic rings. The summed E-state index contributed by atoms with van der Waals surface area (Å²) in [7, 11) is 0. The topological polar surface area (TPSA) is 69.6 Å². The standard InChI is InChI=1S/C18H17N5OS/c1-12(2)18-22-14(11-25-18)10-23-6-5-19-17(23)13-8-20-16(21-9-13)15-4-3-7-24-15/h3-9,11-12H,10H2,1-2H3. The van der Waals surface area contributed by atoms with Gasteiger partial charge < -0.3 is 8.98 Å². The van der Waals surface area contributed by atoms with Crippen LogP contribution in [0.1, 0.15) is 30.5 Å². The molecule has 0 atom stereocenters. The van der Waals surface area contributed by atoms with Crippen molar-refractivity contribution in [1.29, 1.82) is 0 Å². The number of hydrogen-bond acceptors (Lipinski definition) is 6. The second-order valence-corrected chi connectivity index (χ2v) is 6.87. The molecule has 0 aromatic carbocycles. The third-order valence-corrected chi connectivity index (χ3v) is 4.96. The maximum absolute atomic E-state index is 5.32. The van der Waals surface area contributed by atoms with Crippen LogP contribution in [0.4, 0.5) is 0 Å². The van der Waals surface area contributed by atoms with Crippen LogP contribution in [-0.4, -0.2) is 24.5 Å². The zero-order valence-electron chi connectivity index (χ0n) is 14.0. The number of thiazole rings is 1.